The molecule has 7 aliphatic rings. The van der Waals surface area contributed by atoms with Crippen LogP contribution in [0.15, 0.2) is 144 Å². The van der Waals surface area contributed by atoms with E-state index in [4.69, 9.17) is 163 Å². The van der Waals surface area contributed by atoms with Crippen LogP contribution in [0.4, 0.5) is 4.39 Å². The maximum atomic E-state index is 15.6. The molecular weight excluding hydrogens is 2040 g/mol. The number of carbonyl (C=O) groups excluding carboxylic acids is 6. The summed E-state index contributed by atoms with van der Waals surface area (Å²) in [5.74, 6) is -10.8. The predicted molar refractivity (Wildman–Crippen MR) is 526 cm³/mol. The third kappa shape index (κ3) is 18.6. The zero-order valence-electron chi connectivity index (χ0n) is 76.3. The molecule has 2 aliphatic carbocycles. The van der Waals surface area contributed by atoms with E-state index in [2.05, 4.69) is 43.8 Å². The van der Waals surface area contributed by atoms with Crippen molar-refractivity contribution in [1.29, 1.82) is 5.26 Å². The van der Waals surface area contributed by atoms with Gasteiger partial charge in [-0.15, -0.1) is 0 Å². The molecule has 0 saturated carbocycles. The van der Waals surface area contributed by atoms with E-state index in [1.165, 1.54) is 42.5 Å². The van der Waals surface area contributed by atoms with E-state index in [0.29, 0.717) is 65.1 Å². The lowest BCUT2D eigenvalue weighted by Crippen LogP contribution is -2.47. The number of carboxylic acids is 2. The average molecular weight is 2130 g/mol. The number of rotatable bonds is 22. The van der Waals surface area contributed by atoms with Gasteiger partial charge in [0.1, 0.15) is 40.3 Å². The molecule has 140 heavy (non-hydrogen) atoms. The minimum absolute atomic E-state index is 0.0127. The number of fused-ring (bicyclic) bond motifs is 20. The molecule has 6 atom stereocenters. The zero-order valence-corrected chi connectivity index (χ0v) is 84.8. The molecule has 10 aromatic carbocycles. The van der Waals surface area contributed by atoms with E-state index < -0.39 is 118 Å². The highest BCUT2D eigenvalue weighted by molar-refractivity contribution is 7.44. The van der Waals surface area contributed by atoms with E-state index in [-0.39, 0.29) is 194 Å². The first-order valence-corrected chi connectivity index (χ1v) is 48.8. The first-order chi connectivity index (χ1) is 66.0. The summed E-state index contributed by atoms with van der Waals surface area (Å²) in [6, 6.07) is 32.4. The number of aromatic carboxylic acids is 2. The lowest BCUT2D eigenvalue weighted by molar-refractivity contribution is -0.148. The largest absolute Gasteiger partial charge is 0.507 e. The molecule has 0 bridgehead atoms. The van der Waals surface area contributed by atoms with Gasteiger partial charge in [0, 0.05) is 105 Å². The molecule has 38 heteroatoms. The van der Waals surface area contributed by atoms with Crippen LogP contribution in [-0.4, -0.2) is 115 Å². The third-order valence-electron chi connectivity index (χ3n) is 24.8. The Labute approximate surface area is 853 Å². The first-order valence-electron chi connectivity index (χ1n) is 43.9. The van der Waals surface area contributed by atoms with Crippen LogP contribution in [0, 0.1) is 46.7 Å². The Kier molecular flexibility index (Phi) is 29.7. The number of hydrogen-bond donors (Lipinski definition) is 7. The summed E-state index contributed by atoms with van der Waals surface area (Å²) in [4.78, 5) is 105. The number of nitrogens with zero attached hydrogens (tertiary/aromatic N) is 2. The minimum Gasteiger partial charge on any atom is -0.507 e. The number of allylic oxidation sites excluding steroid dienone is 2. The van der Waals surface area contributed by atoms with Crippen LogP contribution >= 0.6 is 125 Å². The number of phenols is 4. The van der Waals surface area contributed by atoms with Gasteiger partial charge in [-0.25, -0.2) is 28.6 Å². The summed E-state index contributed by atoms with van der Waals surface area (Å²) in [6.45, 7) is 21.9. The third-order valence-corrected chi connectivity index (χ3v) is 30.3. The number of carbonyl (C=O) groups is 8. The van der Waals surface area contributed by atoms with Gasteiger partial charge in [0.2, 0.25) is 11.7 Å². The summed E-state index contributed by atoms with van der Waals surface area (Å²) in [7, 11) is -1.30. The molecule has 6 unspecified atom stereocenters. The second-order valence-electron chi connectivity index (χ2n) is 36.5. The Bertz CT molecular complexity index is 7030. The number of nitrogens with one attached hydrogen (secondary N) is 1. The van der Waals surface area contributed by atoms with Crippen LogP contribution in [0.2, 0.25) is 45.2 Å². The quantitative estimate of drug-likeness (QED) is 0.0109. The normalized spacial score (nSPS) is 18.3. The van der Waals surface area contributed by atoms with E-state index >= 15 is 4.39 Å². The van der Waals surface area contributed by atoms with Crippen LogP contribution in [0.25, 0.3) is 21.9 Å². The Morgan fingerprint density at radius 1 is 0.571 bits per heavy atom. The molecule has 10 aromatic rings. The first kappa shape index (κ1) is 103. The minimum atomic E-state index is -2.10. The topological polar surface area (TPSA) is 380 Å². The monoisotopic (exact) mass is 2120 g/mol. The number of esters is 5. The van der Waals surface area contributed by atoms with Crippen molar-refractivity contribution in [2.24, 2.45) is 22.7 Å². The van der Waals surface area contributed by atoms with Crippen molar-refractivity contribution in [2.45, 2.75) is 156 Å². The number of benzene rings is 10. The number of aromatic hydroxyl groups is 4. The van der Waals surface area contributed by atoms with Crippen LogP contribution in [-0.2, 0) is 65.6 Å². The number of unbranched alkanes of at least 4 members (excludes halogenated alkanes) is 3. The molecule has 5 aliphatic heterocycles. The van der Waals surface area contributed by atoms with Gasteiger partial charge in [0.25, 0.3) is 8.53 Å². The van der Waals surface area contributed by atoms with Gasteiger partial charge in [0.15, 0.2) is 34.1 Å². The lowest BCUT2D eigenvalue weighted by atomic mass is 9.60. The van der Waals surface area contributed by atoms with Gasteiger partial charge < -0.3 is 78.2 Å². The Morgan fingerprint density at radius 3 is 1.67 bits per heavy atom. The number of carboxylic acid groups (broad SMARTS) is 2. The summed E-state index contributed by atoms with van der Waals surface area (Å²) in [5, 5.41) is 73.2. The summed E-state index contributed by atoms with van der Waals surface area (Å²) >= 11 is 66.1. The molecule has 17 rings (SSSR count). The Balaban J connectivity index is 0.000000171. The summed E-state index contributed by atoms with van der Waals surface area (Å²) in [6.07, 6.45) is 5.99. The van der Waals surface area contributed by atoms with Crippen molar-refractivity contribution in [1.82, 2.24) is 9.99 Å². The average Bonchev–Trinajstić information content (AvgIpc) is 1.46. The number of nitriles is 1. The molecule has 26 nitrogen and oxygen atoms in total. The fourth-order valence-corrected chi connectivity index (χ4v) is 22.5. The smallest absolute Gasteiger partial charge is 0.341 e. The van der Waals surface area contributed by atoms with Gasteiger partial charge in [-0.1, -0.05) is 190 Å². The molecule has 5 heterocycles. The van der Waals surface area contributed by atoms with Crippen molar-refractivity contribution in [3.8, 4) is 68.9 Å². The molecule has 730 valence electrons. The highest BCUT2D eigenvalue weighted by Gasteiger charge is 2.63. The van der Waals surface area contributed by atoms with Gasteiger partial charge in [0.05, 0.1) is 120 Å². The molecule has 3 spiro atoms. The van der Waals surface area contributed by atoms with Gasteiger partial charge in [-0.3, -0.25) is 14.4 Å². The molecule has 7 N–H and O–H groups in total. The molecule has 0 fully saturated rings. The van der Waals surface area contributed by atoms with E-state index in [1.54, 1.807) is 103 Å². The van der Waals surface area contributed by atoms with Gasteiger partial charge in [-0.2, -0.15) is 9.65 Å². The SMILES string of the molecule is Cc1c2c(cc(Cl)c1OC(=O)C(C)(C)C)C1(OC(=O)c3cc(Cl)c(Cl)cc31)C1C=C(CCC(=O)NCCCCCCOP(OCCC#N)N(C(C)C)C(C)C)C(OC(=O)C(C)(C)C)=C(Cl)C1C2.O=C(O)c1cc(Cl)c2c(c1Cl)C1(OC2=O)c2cc(Cl)c(O)cc2Oc2c(F)c(O)c3ccccc3c21.O=C(O)c1cc(Cl)c2c(c1Cl)C1(OC2=O)c2cc(Cl)c(O)cc2Oc2cc(O)c(-c3ccccc3)cc21. The second-order valence-corrected chi connectivity index (χ2v) is 42.0. The fourth-order valence-electron chi connectivity index (χ4n) is 18.3. The lowest BCUT2D eigenvalue weighted by Gasteiger charge is -2.48. The van der Waals surface area contributed by atoms with Crippen LogP contribution in [0.5, 0.6) is 51.7 Å². The van der Waals surface area contributed by atoms with Crippen LogP contribution < -0.4 is 19.5 Å². The van der Waals surface area contributed by atoms with E-state index in [9.17, 15) is 69.0 Å². The molecule has 0 saturated heterocycles. The summed E-state index contributed by atoms with van der Waals surface area (Å²) < 4.78 is 72.4. The molecular formula is C102H87Cl10FN3O23P. The highest BCUT2D eigenvalue weighted by Crippen LogP contribution is 2.67. The highest BCUT2D eigenvalue weighted by atomic mass is 35.5. The standard InChI is InChI=1S/C50H64Cl4N3O9P.C27H13Cl3O7.C25H10Cl3FO7/c1-28(2)57(29(3)4)67(63-22-16-19-55)62-21-15-13-12-14-20-56-41(58)18-17-31-23-35-33(42(54)44(31)65-47(61)49(9,10)11)24-32-30(5)43(64-46(60)48(6,7)8)40(53)27-36(32)50(35)37-26-39(52)38(51)25-34(37)45(59)66-50;28-16-8-15-21(10-19(16)32)36-20-9-18(31)12(11-4-2-1-3-5-11)6-14(20)27(15)23-22(26(35)37-27)17(29)7-13(24(23)30)25(33)34;26-12-6-11-15(7-14(12)30)35-22-17(8-3-1-2-4-9(8)21(31)20(22)29)25(11)18-16(24(34)36-25)13(27)5-10(19(18)28)23(32)33/h23,25-29,33,35H,12-18,20-22,24H2,1-11H3,(H,56,58);1-10,31-32H,(H,33,34);1-7,30-31H,(H,32,33). The predicted octanol–water partition coefficient (Wildman–Crippen LogP) is 26.4. The number of amides is 1. The van der Waals surface area contributed by atoms with E-state index in [1.807, 2.05) is 12.1 Å². The van der Waals surface area contributed by atoms with Gasteiger partial charge >= 0.3 is 41.8 Å². The van der Waals surface area contributed by atoms with Crippen molar-refractivity contribution in [3.63, 3.8) is 0 Å². The zero-order chi connectivity index (χ0) is 102. The molecule has 1 amide bonds. The number of ether oxygens (including phenoxy) is 7. The second kappa shape index (κ2) is 40.1. The van der Waals surface area contributed by atoms with Crippen LogP contribution in [0.1, 0.15) is 222 Å². The maximum absolute atomic E-state index is 15.6. The Hall–Kier alpha value is -10.9. The van der Waals surface area contributed by atoms with Crippen molar-refractivity contribution >= 4 is 183 Å². The van der Waals surface area contributed by atoms with Crippen molar-refractivity contribution < 1.29 is 116 Å². The molecule has 0 aromatic heterocycles. The van der Waals surface area contributed by atoms with Crippen LogP contribution in [0.3, 0.4) is 0 Å². The number of hydrogen-bond acceptors (Lipinski definition) is 23. The van der Waals surface area contributed by atoms with Crippen molar-refractivity contribution in [3.05, 3.63) is 278 Å². The number of halogens is 11. The maximum Gasteiger partial charge on any atom is 0.341 e. The van der Waals surface area contributed by atoms with Crippen molar-refractivity contribution in [2.75, 3.05) is 19.8 Å². The van der Waals surface area contributed by atoms with E-state index in [0.717, 1.165) is 43.9 Å². The summed E-state index contributed by atoms with van der Waals surface area (Å²) in [5.41, 5.74) is -4.24. The fraction of sp³-hybridized carbons (Fsp3) is 0.304. The number of phenolic OH excluding ortho intramolecular Hbond substituents is 4. The molecule has 0 radical (unpaired) electrons. The van der Waals surface area contributed by atoms with Gasteiger partial charge in [-0.05, 0) is 178 Å². The Morgan fingerprint density at radius 2 is 1.09 bits per heavy atom.